The average molecular weight is 425 g/mol. The third-order valence-corrected chi connectivity index (χ3v) is 5.74. The van der Waals surface area contributed by atoms with E-state index in [4.69, 9.17) is 13.6 Å². The van der Waals surface area contributed by atoms with Crippen LogP contribution in [0, 0.1) is 23.2 Å². The van der Waals surface area contributed by atoms with Crippen LogP contribution in [0.1, 0.15) is 69.2 Å². The normalized spacial score (nSPS) is 32.2. The van der Waals surface area contributed by atoms with Crippen LogP contribution in [0.15, 0.2) is 0 Å². The maximum atomic E-state index is 12.7. The SMILES string of the molecule is [2H]C1([2H])N[C@]([2H])(C(=O)OCCCOC(=O)C(C)(C)C)C[C@H]2C[C@@H](CCc3nn[nH]n3)CC[C@H]21. The monoisotopic (exact) mass is 424 g/mol. The second-order valence-corrected chi connectivity index (χ2v) is 9.24. The molecule has 0 aromatic carbocycles. The molecule has 0 spiro atoms. The molecular weight excluding hydrogens is 386 g/mol. The molecule has 1 aliphatic carbocycles. The fourth-order valence-electron chi connectivity index (χ4n) is 3.98. The number of piperidine rings is 1. The first kappa shape index (κ1) is 18.7. The zero-order valence-electron chi connectivity index (χ0n) is 21.1. The second-order valence-electron chi connectivity index (χ2n) is 9.24. The number of hydrogen-bond donors (Lipinski definition) is 2. The number of aromatic amines is 1. The number of aromatic nitrogens is 4. The topological polar surface area (TPSA) is 119 Å². The summed E-state index contributed by atoms with van der Waals surface area (Å²) in [7, 11) is 0. The molecule has 9 nitrogen and oxygen atoms in total. The largest absolute Gasteiger partial charge is 0.465 e. The first-order chi connectivity index (χ1) is 15.4. The quantitative estimate of drug-likeness (QED) is 0.481. The third-order valence-electron chi connectivity index (χ3n) is 5.74. The van der Waals surface area contributed by atoms with Gasteiger partial charge in [-0.1, -0.05) is 11.6 Å². The highest BCUT2D eigenvalue weighted by Crippen LogP contribution is 2.40. The molecule has 3 rings (SSSR count). The molecule has 2 heterocycles. The Kier molecular flexibility index (Phi) is 6.44. The highest BCUT2D eigenvalue weighted by atomic mass is 16.5. The van der Waals surface area contributed by atoms with Crippen LogP contribution in [0.5, 0.6) is 0 Å². The Hall–Kier alpha value is -2.03. The zero-order valence-corrected chi connectivity index (χ0v) is 18.1. The summed E-state index contributed by atoms with van der Waals surface area (Å²) in [5.41, 5.74) is -0.598. The standard InChI is InChI=1S/C21H35N5O4/c1-21(2,3)20(28)30-10-4-9-29-19(27)17-12-16-11-14(5-7-15(16)13-22-17)6-8-18-23-25-26-24-18/h14-17,22H,4-13H2,1-3H3,(H,23,24,25,26)/t14-,15+,16-,17+/m1/s1/i13D2,17D. The van der Waals surface area contributed by atoms with Crippen molar-refractivity contribution in [1.82, 2.24) is 25.9 Å². The number of carbonyl (C=O) groups excluding carboxylic acids is 2. The molecule has 30 heavy (non-hydrogen) atoms. The summed E-state index contributed by atoms with van der Waals surface area (Å²) in [6.07, 6.45) is 4.42. The van der Waals surface area contributed by atoms with E-state index in [1.165, 1.54) is 0 Å². The number of rotatable bonds is 8. The lowest BCUT2D eigenvalue weighted by Gasteiger charge is -2.42. The van der Waals surface area contributed by atoms with Crippen molar-refractivity contribution in [3.05, 3.63) is 5.82 Å². The number of esters is 2. The first-order valence-electron chi connectivity index (χ1n) is 12.3. The van der Waals surface area contributed by atoms with E-state index in [1.54, 1.807) is 20.8 Å². The molecule has 4 atom stereocenters. The second kappa shape index (κ2) is 10.3. The van der Waals surface area contributed by atoms with Crippen molar-refractivity contribution in [2.24, 2.45) is 23.2 Å². The molecular formula is C21H35N5O4. The van der Waals surface area contributed by atoms with Gasteiger partial charge in [-0.05, 0) is 70.7 Å². The van der Waals surface area contributed by atoms with Gasteiger partial charge in [0.25, 0.3) is 0 Å². The Morgan fingerprint density at radius 1 is 1.20 bits per heavy atom. The van der Waals surface area contributed by atoms with Crippen molar-refractivity contribution in [3.8, 4) is 0 Å². The average Bonchev–Trinajstić information content (AvgIpc) is 3.23. The van der Waals surface area contributed by atoms with E-state index >= 15 is 0 Å². The van der Waals surface area contributed by atoms with Crippen LogP contribution in [0.25, 0.3) is 0 Å². The predicted octanol–water partition coefficient (Wildman–Crippen LogP) is 2.05. The van der Waals surface area contributed by atoms with Crippen LogP contribution in [0.2, 0.25) is 0 Å². The maximum Gasteiger partial charge on any atom is 0.323 e. The number of fused-ring (bicyclic) bond motifs is 1. The van der Waals surface area contributed by atoms with Crippen LogP contribution in [-0.4, -0.2) is 58.3 Å². The summed E-state index contributed by atoms with van der Waals surface area (Å²) >= 11 is 0. The summed E-state index contributed by atoms with van der Waals surface area (Å²) in [5.74, 6) is -0.447. The van der Waals surface area contributed by atoms with E-state index in [9.17, 15) is 9.59 Å². The lowest BCUT2D eigenvalue weighted by molar-refractivity contribution is -0.154. The number of ether oxygens (including phenoxy) is 2. The Labute approximate surface area is 182 Å². The summed E-state index contributed by atoms with van der Waals surface area (Å²) in [6.45, 7) is 3.58. The van der Waals surface area contributed by atoms with E-state index in [0.717, 1.165) is 19.3 Å². The fourth-order valence-corrected chi connectivity index (χ4v) is 3.98. The Morgan fingerprint density at radius 3 is 2.73 bits per heavy atom. The highest BCUT2D eigenvalue weighted by Gasteiger charge is 2.38. The highest BCUT2D eigenvalue weighted by molar-refractivity contribution is 5.76. The van der Waals surface area contributed by atoms with Gasteiger partial charge in [0.15, 0.2) is 5.82 Å². The van der Waals surface area contributed by atoms with Crippen LogP contribution in [0.3, 0.4) is 0 Å². The Morgan fingerprint density at radius 2 is 2.00 bits per heavy atom. The molecule has 2 N–H and O–H groups in total. The first-order valence-corrected chi connectivity index (χ1v) is 10.8. The summed E-state index contributed by atoms with van der Waals surface area (Å²) in [5, 5.41) is 16.6. The zero-order chi connectivity index (χ0) is 24.3. The molecule has 1 aromatic rings. The van der Waals surface area contributed by atoms with Crippen molar-refractivity contribution in [1.29, 1.82) is 0 Å². The number of nitrogens with one attached hydrogen (secondary N) is 2. The Balaban J connectivity index is 1.51. The lowest BCUT2D eigenvalue weighted by atomic mass is 9.69. The van der Waals surface area contributed by atoms with Gasteiger partial charge in [-0.15, -0.1) is 10.2 Å². The van der Waals surface area contributed by atoms with Crippen molar-refractivity contribution in [3.63, 3.8) is 0 Å². The number of tetrazole rings is 1. The Bertz CT molecular complexity index is 817. The van der Waals surface area contributed by atoms with E-state index in [1.807, 2.05) is 0 Å². The molecule has 9 heteroatoms. The van der Waals surface area contributed by atoms with Crippen molar-refractivity contribution in [2.45, 2.75) is 71.7 Å². The van der Waals surface area contributed by atoms with Gasteiger partial charge >= 0.3 is 11.9 Å². The molecule has 2 aliphatic rings. The number of carbonyl (C=O) groups is 2. The van der Waals surface area contributed by atoms with E-state index in [2.05, 4.69) is 25.9 Å². The van der Waals surface area contributed by atoms with E-state index < -0.39 is 23.9 Å². The van der Waals surface area contributed by atoms with Crippen LogP contribution >= 0.6 is 0 Å². The van der Waals surface area contributed by atoms with Gasteiger partial charge in [-0.2, -0.15) is 5.21 Å². The van der Waals surface area contributed by atoms with Gasteiger partial charge in [0.2, 0.25) is 0 Å². The van der Waals surface area contributed by atoms with Gasteiger partial charge in [0.05, 0.1) is 20.0 Å². The van der Waals surface area contributed by atoms with Gasteiger partial charge in [0.1, 0.15) is 6.02 Å². The minimum atomic E-state index is -1.84. The molecule has 1 saturated carbocycles. The number of hydrogen-bond acceptors (Lipinski definition) is 8. The smallest absolute Gasteiger partial charge is 0.323 e. The molecule has 2 fully saturated rings. The van der Waals surface area contributed by atoms with E-state index in [-0.39, 0.29) is 37.4 Å². The van der Waals surface area contributed by atoms with Gasteiger partial charge in [0, 0.05) is 15.6 Å². The van der Waals surface area contributed by atoms with Gasteiger partial charge in [-0.3, -0.25) is 9.59 Å². The molecule has 0 radical (unpaired) electrons. The molecule has 1 aliphatic heterocycles. The molecule has 1 saturated heterocycles. The number of nitrogens with zero attached hydrogens (tertiary/aromatic N) is 3. The number of H-pyrrole nitrogens is 1. The van der Waals surface area contributed by atoms with Gasteiger partial charge in [-0.25, -0.2) is 0 Å². The maximum absolute atomic E-state index is 12.7. The predicted molar refractivity (Wildman–Crippen MR) is 109 cm³/mol. The molecule has 0 bridgehead atoms. The van der Waals surface area contributed by atoms with Crippen molar-refractivity contribution < 1.29 is 23.2 Å². The van der Waals surface area contributed by atoms with Gasteiger partial charge < -0.3 is 14.8 Å². The number of aryl methyl sites for hydroxylation is 1. The summed E-state index contributed by atoms with van der Waals surface area (Å²) in [6, 6.07) is -1.84. The molecule has 0 unspecified atom stereocenters. The molecule has 0 amide bonds. The van der Waals surface area contributed by atoms with Crippen molar-refractivity contribution >= 4 is 11.9 Å². The van der Waals surface area contributed by atoms with Crippen LogP contribution in [-0.2, 0) is 25.5 Å². The fraction of sp³-hybridized carbons (Fsp3) is 0.857. The lowest BCUT2D eigenvalue weighted by Crippen LogP contribution is -2.50. The van der Waals surface area contributed by atoms with Crippen LogP contribution in [0.4, 0.5) is 0 Å². The third kappa shape index (κ3) is 6.48. The molecule has 168 valence electrons. The summed E-state index contributed by atoms with van der Waals surface area (Å²) < 4.78 is 36.0. The van der Waals surface area contributed by atoms with E-state index in [0.29, 0.717) is 31.0 Å². The summed E-state index contributed by atoms with van der Waals surface area (Å²) in [4.78, 5) is 24.5. The van der Waals surface area contributed by atoms with Crippen LogP contribution < -0.4 is 5.32 Å². The van der Waals surface area contributed by atoms with Crippen molar-refractivity contribution in [2.75, 3.05) is 19.7 Å². The molecule has 1 aromatic heterocycles. The minimum absolute atomic E-state index is 0.00296. The minimum Gasteiger partial charge on any atom is -0.465 e.